The molecule has 0 saturated carbocycles. The summed E-state index contributed by atoms with van der Waals surface area (Å²) in [4.78, 5) is 0. The first-order valence-electron chi connectivity index (χ1n) is 10.6. The zero-order valence-electron chi connectivity index (χ0n) is 19.0. The average Bonchev–Trinajstić information content (AvgIpc) is 2.71. The highest BCUT2D eigenvalue weighted by Gasteiger charge is 2.32. The summed E-state index contributed by atoms with van der Waals surface area (Å²) in [6.07, 6.45) is 5.22. The molecule has 1 atom stereocenters. The Labute approximate surface area is 180 Å². The van der Waals surface area contributed by atoms with Crippen molar-refractivity contribution >= 4 is 11.9 Å². The maximum atomic E-state index is 13.3. The van der Waals surface area contributed by atoms with Crippen LogP contribution >= 0.6 is 0 Å². The van der Waals surface area contributed by atoms with Crippen molar-refractivity contribution in [1.29, 1.82) is 5.41 Å². The summed E-state index contributed by atoms with van der Waals surface area (Å²) in [6, 6.07) is 12.4. The molecule has 0 spiro atoms. The molecule has 1 unspecified atom stereocenters. The number of halogens is 2. The fourth-order valence-electron chi connectivity index (χ4n) is 3.90. The second-order valence-corrected chi connectivity index (χ2v) is 7.83. The van der Waals surface area contributed by atoms with E-state index >= 15 is 0 Å². The first kappa shape index (κ1) is 25.5. The normalized spacial score (nSPS) is 13.0. The van der Waals surface area contributed by atoms with Crippen molar-refractivity contribution in [3.63, 3.8) is 0 Å². The average molecular weight is 415 g/mol. The van der Waals surface area contributed by atoms with Crippen molar-refractivity contribution < 1.29 is 8.78 Å². The quantitative estimate of drug-likeness (QED) is 0.258. The van der Waals surface area contributed by atoms with Gasteiger partial charge in [-0.15, -0.1) is 0 Å². The summed E-state index contributed by atoms with van der Waals surface area (Å²) in [5.41, 5.74) is 10.4. The highest BCUT2D eigenvalue weighted by atomic mass is 19.3. The predicted octanol–water partition coefficient (Wildman–Crippen LogP) is 7.79. The molecule has 0 aliphatic heterocycles. The van der Waals surface area contributed by atoms with Crippen LogP contribution in [0.15, 0.2) is 54.6 Å². The van der Waals surface area contributed by atoms with E-state index in [1.165, 1.54) is 11.8 Å². The maximum absolute atomic E-state index is 13.3. The van der Waals surface area contributed by atoms with E-state index in [-0.39, 0.29) is 11.0 Å². The van der Waals surface area contributed by atoms with Crippen LogP contribution < -0.4 is 5.73 Å². The van der Waals surface area contributed by atoms with E-state index in [4.69, 9.17) is 11.1 Å². The number of hydrogen-bond donors (Lipinski definition) is 2. The van der Waals surface area contributed by atoms with Crippen LogP contribution in [-0.4, -0.2) is 6.21 Å². The van der Waals surface area contributed by atoms with Crippen LogP contribution in [0.1, 0.15) is 75.6 Å². The minimum Gasteiger partial charge on any atom is -0.398 e. The molecule has 0 fully saturated rings. The Morgan fingerprint density at radius 1 is 1.07 bits per heavy atom. The monoisotopic (exact) mass is 414 g/mol. The Morgan fingerprint density at radius 3 is 2.00 bits per heavy atom. The molecule has 2 nitrogen and oxygen atoms in total. The number of hydrogen-bond acceptors (Lipinski definition) is 2. The van der Waals surface area contributed by atoms with Crippen molar-refractivity contribution in [3.8, 4) is 0 Å². The number of nitrogens with one attached hydrogen (secondary N) is 1. The Balaban J connectivity index is 0.000000375. The molecule has 3 N–H and O–H groups in total. The third-order valence-corrected chi connectivity index (χ3v) is 5.83. The Morgan fingerprint density at radius 2 is 1.63 bits per heavy atom. The molecule has 0 saturated heterocycles. The van der Waals surface area contributed by atoms with E-state index in [1.54, 1.807) is 18.2 Å². The minimum atomic E-state index is -2.78. The minimum absolute atomic E-state index is 0.0739. The summed E-state index contributed by atoms with van der Waals surface area (Å²) < 4.78 is 26.6. The second kappa shape index (κ2) is 11.1. The summed E-state index contributed by atoms with van der Waals surface area (Å²) >= 11 is 0. The summed E-state index contributed by atoms with van der Waals surface area (Å²) in [7, 11) is 0. The first-order chi connectivity index (χ1) is 14.1. The largest absolute Gasteiger partial charge is 0.398 e. The molecule has 0 radical (unpaired) electrons. The van der Waals surface area contributed by atoms with Crippen LogP contribution in [0, 0.1) is 12.3 Å². The van der Waals surface area contributed by atoms with E-state index in [1.807, 2.05) is 31.2 Å². The van der Waals surface area contributed by atoms with Crippen molar-refractivity contribution in [1.82, 2.24) is 0 Å². The molecule has 164 valence electrons. The number of benzene rings is 2. The van der Waals surface area contributed by atoms with Gasteiger partial charge in [-0.1, -0.05) is 75.7 Å². The van der Waals surface area contributed by atoms with Gasteiger partial charge in [0, 0.05) is 35.4 Å². The molecule has 0 amide bonds. The third kappa shape index (κ3) is 6.01. The SMILES string of the molecule is C=C(CC)C(CC)(CCC)c1ccc(C(C)(F)F)cc1.Cc1cccc(N)c1C=N. The Kier molecular flexibility index (Phi) is 9.41. The van der Waals surface area contributed by atoms with E-state index < -0.39 is 5.92 Å². The van der Waals surface area contributed by atoms with Crippen LogP contribution in [0.4, 0.5) is 14.5 Å². The fourth-order valence-corrected chi connectivity index (χ4v) is 3.90. The van der Waals surface area contributed by atoms with Gasteiger partial charge in [-0.25, -0.2) is 8.78 Å². The van der Waals surface area contributed by atoms with Gasteiger partial charge in [-0.2, -0.15) is 0 Å². The van der Waals surface area contributed by atoms with Gasteiger partial charge in [-0.3, -0.25) is 0 Å². The number of aryl methyl sites for hydroxylation is 1. The molecular weight excluding hydrogens is 378 g/mol. The van der Waals surface area contributed by atoms with Crippen LogP contribution in [0.3, 0.4) is 0 Å². The lowest BCUT2D eigenvalue weighted by atomic mass is 9.68. The van der Waals surface area contributed by atoms with Gasteiger partial charge in [0.15, 0.2) is 0 Å². The molecule has 0 aliphatic rings. The zero-order chi connectivity index (χ0) is 22.9. The maximum Gasteiger partial charge on any atom is 0.270 e. The van der Waals surface area contributed by atoms with E-state index in [2.05, 4.69) is 27.4 Å². The summed E-state index contributed by atoms with van der Waals surface area (Å²) in [5, 5.41) is 7.02. The highest BCUT2D eigenvalue weighted by Crippen LogP contribution is 2.41. The number of alkyl halides is 2. The first-order valence-corrected chi connectivity index (χ1v) is 10.6. The Hall–Kier alpha value is -2.49. The fraction of sp³-hybridized carbons (Fsp3) is 0.423. The Bertz CT molecular complexity index is 815. The third-order valence-electron chi connectivity index (χ3n) is 5.83. The van der Waals surface area contributed by atoms with Crippen LogP contribution in [0.2, 0.25) is 0 Å². The molecule has 0 aromatic heterocycles. The number of allylic oxidation sites excluding steroid dienone is 1. The lowest BCUT2D eigenvalue weighted by Crippen LogP contribution is -2.27. The van der Waals surface area contributed by atoms with Crippen LogP contribution in [0.5, 0.6) is 0 Å². The van der Waals surface area contributed by atoms with Gasteiger partial charge in [0.05, 0.1) is 0 Å². The van der Waals surface area contributed by atoms with Gasteiger partial charge in [-0.05, 0) is 43.4 Å². The summed E-state index contributed by atoms with van der Waals surface area (Å²) in [6.45, 7) is 13.5. The molecule has 0 bridgehead atoms. The van der Waals surface area contributed by atoms with Crippen molar-refractivity contribution in [2.75, 3.05) is 5.73 Å². The van der Waals surface area contributed by atoms with Crippen molar-refractivity contribution in [3.05, 3.63) is 76.9 Å². The van der Waals surface area contributed by atoms with Crippen LogP contribution in [-0.2, 0) is 11.3 Å². The lowest BCUT2D eigenvalue weighted by Gasteiger charge is -2.35. The molecule has 2 aromatic rings. The number of rotatable bonds is 8. The van der Waals surface area contributed by atoms with Crippen LogP contribution in [0.25, 0.3) is 0 Å². The molecule has 2 rings (SSSR count). The number of nitrogen functional groups attached to an aromatic ring is 1. The molecule has 2 aromatic carbocycles. The molecule has 0 aliphatic carbocycles. The van der Waals surface area contributed by atoms with Gasteiger partial charge in [0.2, 0.25) is 0 Å². The van der Waals surface area contributed by atoms with Gasteiger partial charge >= 0.3 is 0 Å². The standard InChI is InChI=1S/C18H26F2.C8H10N2/c1-6-13-18(8-3,14(4)7-2)16-11-9-15(10-12-16)17(5,19)20;1-6-3-2-4-8(10)7(6)5-9/h9-12H,4,6-8,13H2,1-3,5H3;2-5,9H,10H2,1H3. The van der Waals surface area contributed by atoms with E-state index in [9.17, 15) is 8.78 Å². The lowest BCUT2D eigenvalue weighted by molar-refractivity contribution is 0.0174. The van der Waals surface area contributed by atoms with Gasteiger partial charge in [0.25, 0.3) is 5.92 Å². The molecule has 4 heteroatoms. The van der Waals surface area contributed by atoms with E-state index in [0.29, 0.717) is 5.69 Å². The second-order valence-electron chi connectivity index (χ2n) is 7.83. The van der Waals surface area contributed by atoms with Gasteiger partial charge < -0.3 is 11.1 Å². The smallest absolute Gasteiger partial charge is 0.270 e. The molecule has 30 heavy (non-hydrogen) atoms. The topological polar surface area (TPSA) is 49.9 Å². The van der Waals surface area contributed by atoms with Crippen molar-refractivity contribution in [2.24, 2.45) is 0 Å². The summed E-state index contributed by atoms with van der Waals surface area (Å²) in [5.74, 6) is -2.78. The van der Waals surface area contributed by atoms with E-state index in [0.717, 1.165) is 49.3 Å². The number of nitrogens with two attached hydrogens (primary N) is 1. The highest BCUT2D eigenvalue weighted by molar-refractivity contribution is 5.86. The molecular formula is C26H36F2N2. The predicted molar refractivity (Wildman–Crippen MR) is 126 cm³/mol. The zero-order valence-corrected chi connectivity index (χ0v) is 19.0. The molecule has 0 heterocycles. The number of anilines is 1. The van der Waals surface area contributed by atoms with Gasteiger partial charge in [0.1, 0.15) is 0 Å². The van der Waals surface area contributed by atoms with Crippen molar-refractivity contribution in [2.45, 2.75) is 71.6 Å².